The van der Waals surface area contributed by atoms with Gasteiger partial charge in [0.15, 0.2) is 37.7 Å². The summed E-state index contributed by atoms with van der Waals surface area (Å²) in [6.07, 6.45) is -29.6. The van der Waals surface area contributed by atoms with Gasteiger partial charge in [-0.25, -0.2) is 0 Å². The summed E-state index contributed by atoms with van der Waals surface area (Å²) in [7, 11) is 24.2. The zero-order chi connectivity index (χ0) is 59.4. The van der Waals surface area contributed by atoms with E-state index in [2.05, 4.69) is 0 Å². The first kappa shape index (κ1) is 68.3. The van der Waals surface area contributed by atoms with Crippen LogP contribution in [0.2, 0.25) is 0 Å². The first-order chi connectivity index (χ1) is 39.9. The summed E-state index contributed by atoms with van der Waals surface area (Å²) in [5.41, 5.74) is 13.1. The maximum absolute atomic E-state index is 6.96. The molecule has 0 aromatic rings. The van der Waals surface area contributed by atoms with Gasteiger partial charge in [-0.2, -0.15) is 0 Å². The van der Waals surface area contributed by atoms with Gasteiger partial charge in [0.2, 0.25) is 0 Å². The Bertz CT molecular complexity index is 1800. The van der Waals surface area contributed by atoms with E-state index in [1.54, 1.807) is 0 Å². The van der Waals surface area contributed by atoms with Gasteiger partial charge in [-0.05, 0) is 0 Å². The van der Waals surface area contributed by atoms with Crippen LogP contribution in [0.15, 0.2) is 0 Å². The Morgan fingerprint density at radius 2 is 0.354 bits per heavy atom. The molecule has 22 aliphatic rings. The molecule has 0 spiro atoms. The van der Waals surface area contributed by atoms with E-state index in [1.807, 2.05) is 0 Å². The second kappa shape index (κ2) is 32.9. The van der Waals surface area contributed by atoms with Gasteiger partial charge in [-0.15, -0.1) is 0 Å². The fraction of sp³-hybridized carbons (Fsp3) is 1.00. The molecular formula is C52H94N2O28. The molecule has 22 heterocycles. The predicted molar refractivity (Wildman–Crippen MR) is 276 cm³/mol. The maximum atomic E-state index is 6.96. The van der Waals surface area contributed by atoms with Gasteiger partial charge in [-0.3, -0.25) is 0 Å². The van der Waals surface area contributed by atoms with E-state index in [4.69, 9.17) is 144 Å². The normalized spacial score (nSPS) is 46.9. The molecule has 30 atom stereocenters. The third-order valence-corrected chi connectivity index (χ3v) is 16.3. The zero-order valence-corrected chi connectivity index (χ0v) is 50.1. The molecule has 82 heavy (non-hydrogen) atoms. The second-order valence-electron chi connectivity index (χ2n) is 20.6. The van der Waals surface area contributed by atoms with Crippen LogP contribution in [0.3, 0.4) is 0 Å². The standard InChI is InChI=1S/C52H94N2O28/c1-55-19-25-31-37(61-7)43(67-13)49(73-25)77-29-23(17-53)72-48(42(66-12)35(29)59-5)80-32-26(20-56-2)75-51(45(69-15)38(32)62-8)82-34-28(22-58-4)76-52(46(70-16)40(34)64-10)81-33-27(21-57-3)74-50(44(68-14)39(33)63-9)78-30-24(18-54)71-47(79-31)41(65-11)36(30)60-6/h23-52H,17-22,53-54H2,1-16H3/t23-,24-,25-,26-,27-,28-,29-,30-,31-,32-,33-,34-,35+,36+,37+,38+,39+,40+,41-,42-,43-,44-,45-,46-,47-,48-,49-,50-,51-,52-/m1/s1. The van der Waals surface area contributed by atoms with Crippen molar-refractivity contribution in [3.63, 3.8) is 0 Å². The van der Waals surface area contributed by atoms with E-state index in [1.165, 1.54) is 114 Å². The monoisotopic (exact) mass is 1190 g/mol. The second-order valence-corrected chi connectivity index (χ2v) is 20.6. The van der Waals surface area contributed by atoms with Crippen molar-refractivity contribution in [2.45, 2.75) is 184 Å². The quantitative estimate of drug-likeness (QED) is 0.112. The molecule has 22 saturated heterocycles. The molecule has 0 aromatic carbocycles. The molecule has 22 fully saturated rings. The van der Waals surface area contributed by atoms with Crippen molar-refractivity contribution in [3.8, 4) is 0 Å². The van der Waals surface area contributed by atoms with Gasteiger partial charge < -0.3 is 144 Å². The minimum Gasteiger partial charge on any atom is -0.382 e. The molecule has 0 aromatic heterocycles. The highest BCUT2D eigenvalue weighted by Crippen LogP contribution is 2.42. The fourth-order valence-electron chi connectivity index (χ4n) is 12.5. The van der Waals surface area contributed by atoms with Crippen LogP contribution in [0, 0.1) is 0 Å². The molecule has 30 heteroatoms. The number of ether oxygens (including phenoxy) is 28. The van der Waals surface area contributed by atoms with Crippen LogP contribution in [-0.4, -0.2) is 338 Å². The molecule has 480 valence electrons. The molecular weight excluding hydrogens is 1100 g/mol. The van der Waals surface area contributed by atoms with E-state index < -0.39 is 184 Å². The van der Waals surface area contributed by atoms with Crippen LogP contribution in [0.25, 0.3) is 0 Å². The molecule has 30 nitrogen and oxygen atoms in total. The zero-order valence-electron chi connectivity index (χ0n) is 50.1. The summed E-state index contributed by atoms with van der Waals surface area (Å²) in [4.78, 5) is 0. The van der Waals surface area contributed by atoms with Crippen LogP contribution in [0.5, 0.6) is 0 Å². The van der Waals surface area contributed by atoms with Gasteiger partial charge in [0.1, 0.15) is 146 Å². The van der Waals surface area contributed by atoms with Gasteiger partial charge >= 0.3 is 0 Å². The minimum atomic E-state index is -1.18. The summed E-state index contributed by atoms with van der Waals surface area (Å²) in [6, 6.07) is 0. The van der Waals surface area contributed by atoms with E-state index in [0.717, 1.165) is 0 Å². The molecule has 4 N–H and O–H groups in total. The Hall–Kier alpha value is -1.20. The molecule has 22 aliphatic heterocycles. The number of hydrogen-bond acceptors (Lipinski definition) is 30. The first-order valence-electron chi connectivity index (χ1n) is 27.4. The molecule has 0 unspecified atom stereocenters. The smallest absolute Gasteiger partial charge is 0.187 e. The average molecular weight is 1200 g/mol. The largest absolute Gasteiger partial charge is 0.382 e. The molecule has 0 amide bonds. The van der Waals surface area contributed by atoms with Gasteiger partial charge in [0, 0.05) is 127 Å². The van der Waals surface area contributed by atoms with Gasteiger partial charge in [0.05, 0.1) is 26.4 Å². The highest BCUT2D eigenvalue weighted by Gasteiger charge is 2.61. The molecule has 0 saturated carbocycles. The lowest BCUT2D eigenvalue weighted by atomic mass is 9.94. The predicted octanol–water partition coefficient (Wildman–Crippen LogP) is -2.66. The van der Waals surface area contributed by atoms with E-state index >= 15 is 0 Å². The van der Waals surface area contributed by atoms with Crippen molar-refractivity contribution >= 4 is 0 Å². The highest BCUT2D eigenvalue weighted by molar-refractivity contribution is 5.03. The minimum absolute atomic E-state index is 0.00855. The van der Waals surface area contributed by atoms with Crippen molar-refractivity contribution in [2.24, 2.45) is 11.5 Å². The van der Waals surface area contributed by atoms with Crippen LogP contribution in [0.4, 0.5) is 0 Å². The Morgan fingerprint density at radius 3 is 0.488 bits per heavy atom. The lowest BCUT2D eigenvalue weighted by Crippen LogP contribution is -2.70. The van der Waals surface area contributed by atoms with Crippen LogP contribution in [0.1, 0.15) is 0 Å². The number of hydrogen-bond donors (Lipinski definition) is 2. The third kappa shape index (κ3) is 14.3. The van der Waals surface area contributed by atoms with Crippen molar-refractivity contribution in [2.75, 3.05) is 153 Å². The van der Waals surface area contributed by atoms with Crippen LogP contribution < -0.4 is 11.5 Å². The Balaban J connectivity index is 1.34. The summed E-state index contributed by atoms with van der Waals surface area (Å²) in [6.45, 7) is -0.193. The molecule has 12 bridgehead atoms. The molecule has 22 rings (SSSR count). The topological polar surface area (TPSA) is 310 Å². The number of nitrogens with two attached hydrogens (primary N) is 2. The lowest BCUT2D eigenvalue weighted by Gasteiger charge is -2.53. The van der Waals surface area contributed by atoms with Crippen molar-refractivity contribution < 1.29 is 133 Å². The molecule has 0 radical (unpaired) electrons. The molecule has 0 aliphatic carbocycles. The summed E-state index contributed by atoms with van der Waals surface area (Å²) >= 11 is 0. The van der Waals surface area contributed by atoms with Gasteiger partial charge in [-0.1, -0.05) is 0 Å². The number of rotatable bonds is 22. The van der Waals surface area contributed by atoms with Crippen molar-refractivity contribution in [1.82, 2.24) is 0 Å². The SMILES string of the molecule is COC[C@H]1O[C@@H]2O[C@H]3[C@H](OC)[C@@H](OC)[C@@H](O[C@H]4[C@H](OC)[C@@H](OC)[C@@H](O[C@H]5[C@H](OC)[C@@H](OC)[C@@H](O[C@H]6[C@H](OC)[C@@H](OC)[C@@H](O[C@H]7[C@H](OC)[C@@H](OC)[C@@H](O[C@H]1[C@H](OC)[C@H]2OC)O[C@@H]7CN)O[C@@H]6COC)O[C@@H]5COC)O[C@@H]4COC)O[C@@H]3CN. The van der Waals surface area contributed by atoms with E-state index in [0.29, 0.717) is 0 Å². The summed E-state index contributed by atoms with van der Waals surface area (Å²) in [5.74, 6) is 0. The average Bonchev–Trinajstić information content (AvgIpc) is 3.43. The fourth-order valence-corrected chi connectivity index (χ4v) is 12.5. The third-order valence-electron chi connectivity index (χ3n) is 16.3. The van der Waals surface area contributed by atoms with Crippen molar-refractivity contribution in [1.29, 1.82) is 0 Å². The van der Waals surface area contributed by atoms with Crippen LogP contribution in [-0.2, 0) is 133 Å². The summed E-state index contributed by atoms with van der Waals surface area (Å²) in [5, 5.41) is 0. The maximum Gasteiger partial charge on any atom is 0.187 e. The van der Waals surface area contributed by atoms with Crippen LogP contribution >= 0.6 is 0 Å². The first-order valence-corrected chi connectivity index (χ1v) is 27.4. The van der Waals surface area contributed by atoms with E-state index in [9.17, 15) is 0 Å². The lowest BCUT2D eigenvalue weighted by molar-refractivity contribution is -0.408. The number of methoxy groups -OCH3 is 16. The highest BCUT2D eigenvalue weighted by atomic mass is 16.8. The van der Waals surface area contributed by atoms with E-state index in [-0.39, 0.29) is 39.5 Å². The van der Waals surface area contributed by atoms with Crippen molar-refractivity contribution in [3.05, 3.63) is 0 Å². The Morgan fingerprint density at radius 1 is 0.207 bits per heavy atom. The Kier molecular flexibility index (Phi) is 27.4. The van der Waals surface area contributed by atoms with Gasteiger partial charge in [0.25, 0.3) is 0 Å². The Labute approximate surface area is 480 Å². The summed E-state index contributed by atoms with van der Waals surface area (Å²) < 4.78 is 180.